The van der Waals surface area contributed by atoms with E-state index >= 15 is 0 Å². The number of benzene rings is 2. The van der Waals surface area contributed by atoms with Gasteiger partial charge in [-0.15, -0.1) is 0 Å². The van der Waals surface area contributed by atoms with Crippen LogP contribution in [0.25, 0.3) is 10.9 Å². The standard InChI is InChI=1S/C20H20N2O2/c1-14(15-5-8-18(24-2)9-6-15)12-20(23)22-17-7-10-19-16(13-17)4-3-11-21-19/h3-11,13-14H,12H2,1-2H3,(H,22,23). The Bertz CT molecular complexity index is 844. The average Bonchev–Trinajstić information content (AvgIpc) is 2.61. The summed E-state index contributed by atoms with van der Waals surface area (Å²) in [6.07, 6.45) is 2.19. The van der Waals surface area contributed by atoms with Gasteiger partial charge in [0.2, 0.25) is 5.91 Å². The van der Waals surface area contributed by atoms with Gasteiger partial charge in [0, 0.05) is 23.7 Å². The molecule has 0 aliphatic rings. The monoisotopic (exact) mass is 320 g/mol. The maximum Gasteiger partial charge on any atom is 0.224 e. The van der Waals surface area contributed by atoms with Crippen molar-refractivity contribution in [1.82, 2.24) is 4.98 Å². The van der Waals surface area contributed by atoms with Crippen LogP contribution in [0.2, 0.25) is 0 Å². The number of ether oxygens (including phenoxy) is 1. The van der Waals surface area contributed by atoms with E-state index in [0.29, 0.717) is 6.42 Å². The molecule has 1 heterocycles. The Kier molecular flexibility index (Phi) is 4.75. The molecule has 0 saturated heterocycles. The van der Waals surface area contributed by atoms with E-state index in [0.717, 1.165) is 27.9 Å². The highest BCUT2D eigenvalue weighted by Crippen LogP contribution is 2.23. The number of fused-ring (bicyclic) bond motifs is 1. The Morgan fingerprint density at radius 1 is 1.17 bits per heavy atom. The zero-order valence-corrected chi connectivity index (χ0v) is 13.8. The predicted molar refractivity (Wildman–Crippen MR) is 96.4 cm³/mol. The summed E-state index contributed by atoms with van der Waals surface area (Å²) in [5.74, 6) is 0.958. The Morgan fingerprint density at radius 3 is 2.71 bits per heavy atom. The number of hydrogen-bond donors (Lipinski definition) is 1. The summed E-state index contributed by atoms with van der Waals surface area (Å²) >= 11 is 0. The molecule has 4 nitrogen and oxygen atoms in total. The van der Waals surface area contributed by atoms with E-state index in [9.17, 15) is 4.79 Å². The number of carbonyl (C=O) groups excluding carboxylic acids is 1. The summed E-state index contributed by atoms with van der Waals surface area (Å²) < 4.78 is 5.16. The van der Waals surface area contributed by atoms with Crippen molar-refractivity contribution < 1.29 is 9.53 Å². The maximum atomic E-state index is 12.3. The van der Waals surface area contributed by atoms with Crippen LogP contribution in [0, 0.1) is 0 Å². The topological polar surface area (TPSA) is 51.2 Å². The smallest absolute Gasteiger partial charge is 0.224 e. The first kappa shape index (κ1) is 16.0. The molecule has 1 N–H and O–H groups in total. The molecule has 3 rings (SSSR count). The first-order valence-electron chi connectivity index (χ1n) is 7.94. The number of aromatic nitrogens is 1. The number of methoxy groups -OCH3 is 1. The molecule has 0 spiro atoms. The lowest BCUT2D eigenvalue weighted by molar-refractivity contribution is -0.116. The lowest BCUT2D eigenvalue weighted by atomic mass is 9.97. The second-order valence-corrected chi connectivity index (χ2v) is 5.84. The van der Waals surface area contributed by atoms with E-state index in [1.807, 2.05) is 61.5 Å². The van der Waals surface area contributed by atoms with E-state index in [1.165, 1.54) is 0 Å². The largest absolute Gasteiger partial charge is 0.497 e. The van der Waals surface area contributed by atoms with Gasteiger partial charge >= 0.3 is 0 Å². The number of hydrogen-bond acceptors (Lipinski definition) is 3. The molecule has 0 bridgehead atoms. The Balaban J connectivity index is 1.65. The Morgan fingerprint density at radius 2 is 1.96 bits per heavy atom. The van der Waals surface area contributed by atoms with E-state index in [4.69, 9.17) is 4.74 Å². The molecule has 3 aromatic rings. The Hall–Kier alpha value is -2.88. The van der Waals surface area contributed by atoms with Gasteiger partial charge in [-0.2, -0.15) is 0 Å². The highest BCUT2D eigenvalue weighted by molar-refractivity contribution is 5.93. The van der Waals surface area contributed by atoms with Gasteiger partial charge in [0.05, 0.1) is 12.6 Å². The number of pyridine rings is 1. The molecule has 1 unspecified atom stereocenters. The number of anilines is 1. The Labute approximate surface area is 141 Å². The summed E-state index contributed by atoms with van der Waals surface area (Å²) in [6, 6.07) is 17.4. The van der Waals surface area contributed by atoms with E-state index < -0.39 is 0 Å². The molecule has 0 aliphatic carbocycles. The summed E-state index contributed by atoms with van der Waals surface area (Å²) in [6.45, 7) is 2.05. The predicted octanol–water partition coefficient (Wildman–Crippen LogP) is 4.38. The highest BCUT2D eigenvalue weighted by atomic mass is 16.5. The normalized spacial score (nSPS) is 11.9. The SMILES string of the molecule is COc1ccc(C(C)CC(=O)Nc2ccc3ncccc3c2)cc1. The third-order valence-corrected chi connectivity index (χ3v) is 4.06. The van der Waals surface area contributed by atoms with Crippen LogP contribution in [0.15, 0.2) is 60.8 Å². The fraction of sp³-hybridized carbons (Fsp3) is 0.200. The lowest BCUT2D eigenvalue weighted by Gasteiger charge is -2.13. The van der Waals surface area contributed by atoms with Crippen LogP contribution in [0.5, 0.6) is 5.75 Å². The molecule has 0 aliphatic heterocycles. The van der Waals surface area contributed by atoms with Crippen molar-refractivity contribution in [1.29, 1.82) is 0 Å². The second kappa shape index (κ2) is 7.13. The minimum absolute atomic E-state index is 0.00144. The van der Waals surface area contributed by atoms with Crippen molar-refractivity contribution in [3.8, 4) is 5.75 Å². The third-order valence-electron chi connectivity index (χ3n) is 4.06. The van der Waals surface area contributed by atoms with E-state index in [2.05, 4.69) is 10.3 Å². The molecule has 2 aromatic carbocycles. The number of nitrogens with zero attached hydrogens (tertiary/aromatic N) is 1. The van der Waals surface area contributed by atoms with Gasteiger partial charge in [-0.05, 0) is 47.9 Å². The van der Waals surface area contributed by atoms with Crippen molar-refractivity contribution in [2.45, 2.75) is 19.3 Å². The van der Waals surface area contributed by atoms with E-state index in [1.54, 1.807) is 13.3 Å². The first-order valence-corrected chi connectivity index (χ1v) is 7.94. The van der Waals surface area contributed by atoms with Crippen molar-refractivity contribution in [2.24, 2.45) is 0 Å². The fourth-order valence-electron chi connectivity index (χ4n) is 2.69. The quantitative estimate of drug-likeness (QED) is 0.759. The number of rotatable bonds is 5. The number of nitrogens with one attached hydrogen (secondary N) is 1. The van der Waals surface area contributed by atoms with Gasteiger partial charge in [0.1, 0.15) is 5.75 Å². The summed E-state index contributed by atoms with van der Waals surface area (Å²) in [7, 11) is 1.64. The molecule has 4 heteroatoms. The molecule has 1 amide bonds. The van der Waals surface area contributed by atoms with E-state index in [-0.39, 0.29) is 11.8 Å². The molecule has 1 atom stereocenters. The van der Waals surface area contributed by atoms with Gasteiger partial charge in [0.25, 0.3) is 0 Å². The first-order chi connectivity index (χ1) is 11.7. The zero-order valence-electron chi connectivity index (χ0n) is 13.8. The molecule has 24 heavy (non-hydrogen) atoms. The summed E-state index contributed by atoms with van der Waals surface area (Å²) in [5.41, 5.74) is 2.83. The fourth-order valence-corrected chi connectivity index (χ4v) is 2.69. The average molecular weight is 320 g/mol. The summed E-state index contributed by atoms with van der Waals surface area (Å²) in [4.78, 5) is 16.6. The van der Waals surface area contributed by atoms with Crippen molar-refractivity contribution in [3.63, 3.8) is 0 Å². The van der Waals surface area contributed by atoms with Crippen LogP contribution in [0.3, 0.4) is 0 Å². The second-order valence-electron chi connectivity index (χ2n) is 5.84. The van der Waals surface area contributed by atoms with Gasteiger partial charge in [0.15, 0.2) is 0 Å². The van der Waals surface area contributed by atoms with Crippen molar-refractivity contribution in [2.75, 3.05) is 12.4 Å². The lowest BCUT2D eigenvalue weighted by Crippen LogP contribution is -2.14. The molecule has 0 saturated carbocycles. The molecular formula is C20H20N2O2. The number of carbonyl (C=O) groups is 1. The minimum Gasteiger partial charge on any atom is -0.497 e. The van der Waals surface area contributed by atoms with Crippen molar-refractivity contribution in [3.05, 3.63) is 66.4 Å². The maximum absolute atomic E-state index is 12.3. The molecular weight excluding hydrogens is 300 g/mol. The van der Waals surface area contributed by atoms with Gasteiger partial charge in [-0.1, -0.05) is 25.1 Å². The van der Waals surface area contributed by atoms with Gasteiger partial charge in [-0.3, -0.25) is 9.78 Å². The molecule has 0 radical (unpaired) electrons. The molecule has 122 valence electrons. The van der Waals surface area contributed by atoms with Crippen molar-refractivity contribution >= 4 is 22.5 Å². The summed E-state index contributed by atoms with van der Waals surface area (Å²) in [5, 5.41) is 3.98. The van der Waals surface area contributed by atoms with Crippen LogP contribution >= 0.6 is 0 Å². The zero-order chi connectivity index (χ0) is 16.9. The van der Waals surface area contributed by atoms with Gasteiger partial charge in [-0.25, -0.2) is 0 Å². The van der Waals surface area contributed by atoms with Crippen LogP contribution in [0.1, 0.15) is 24.8 Å². The number of amides is 1. The van der Waals surface area contributed by atoms with Crippen LogP contribution in [-0.2, 0) is 4.79 Å². The molecule has 0 fully saturated rings. The minimum atomic E-state index is 0.00144. The third kappa shape index (κ3) is 3.71. The highest BCUT2D eigenvalue weighted by Gasteiger charge is 2.12. The molecule has 1 aromatic heterocycles. The van der Waals surface area contributed by atoms with Crippen LogP contribution < -0.4 is 10.1 Å². The van der Waals surface area contributed by atoms with Crippen LogP contribution in [0.4, 0.5) is 5.69 Å². The van der Waals surface area contributed by atoms with Gasteiger partial charge < -0.3 is 10.1 Å². The van der Waals surface area contributed by atoms with Crippen LogP contribution in [-0.4, -0.2) is 18.0 Å².